The average molecular weight is 319 g/mol. The molecule has 1 aliphatic heterocycles. The van der Waals surface area contributed by atoms with Gasteiger partial charge in [-0.15, -0.1) is 0 Å². The van der Waals surface area contributed by atoms with Gasteiger partial charge in [0.15, 0.2) is 0 Å². The van der Waals surface area contributed by atoms with Gasteiger partial charge >= 0.3 is 0 Å². The molecule has 0 saturated carbocycles. The summed E-state index contributed by atoms with van der Waals surface area (Å²) in [6.07, 6.45) is 1.25. The van der Waals surface area contributed by atoms with Crippen molar-refractivity contribution in [2.75, 3.05) is 5.32 Å². The van der Waals surface area contributed by atoms with Gasteiger partial charge in [-0.25, -0.2) is 0 Å². The molecule has 0 spiro atoms. The molecule has 0 unspecified atom stereocenters. The van der Waals surface area contributed by atoms with E-state index in [-0.39, 0.29) is 5.91 Å². The van der Waals surface area contributed by atoms with Crippen molar-refractivity contribution >= 4 is 39.1 Å². The van der Waals surface area contributed by atoms with Gasteiger partial charge in [0.05, 0.1) is 16.1 Å². The van der Waals surface area contributed by atoms with Crippen LogP contribution >= 0.6 is 27.5 Å². The molecular weight excluding hydrogens is 302 g/mol. The summed E-state index contributed by atoms with van der Waals surface area (Å²) in [5.41, 5.74) is 1.19. The lowest BCUT2D eigenvalue weighted by Crippen LogP contribution is -2.26. The number of carbonyl (C=O) groups is 1. The fraction of sp³-hybridized carbons (Fsp3) is 0.462. The zero-order valence-electron chi connectivity index (χ0n) is 10.5. The van der Waals surface area contributed by atoms with E-state index in [0.29, 0.717) is 5.02 Å². The Morgan fingerprint density at radius 2 is 1.88 bits per heavy atom. The molecule has 0 fully saturated rings. The number of anilines is 1. The van der Waals surface area contributed by atoms with Crippen LogP contribution < -0.4 is 5.32 Å². The summed E-state index contributed by atoms with van der Waals surface area (Å²) in [5, 5.41) is 3.37. The molecule has 1 N–H and O–H groups in total. The van der Waals surface area contributed by atoms with Crippen molar-refractivity contribution in [1.29, 1.82) is 0 Å². The zero-order chi connectivity index (χ0) is 13.2. The second-order valence-electron chi connectivity index (χ2n) is 4.60. The van der Waals surface area contributed by atoms with Gasteiger partial charge in [0, 0.05) is 4.47 Å². The molecule has 17 heavy (non-hydrogen) atoms. The minimum Gasteiger partial charge on any atom is -0.324 e. The molecule has 1 aromatic carbocycles. The van der Waals surface area contributed by atoms with E-state index < -0.39 is 5.41 Å². The quantitative estimate of drug-likeness (QED) is 0.735. The van der Waals surface area contributed by atoms with Crippen LogP contribution in [-0.2, 0) is 10.2 Å². The molecule has 2 rings (SSSR count). The maximum absolute atomic E-state index is 11.6. The van der Waals surface area contributed by atoms with Crippen molar-refractivity contribution in [3.63, 3.8) is 0 Å². The number of hydrogen-bond donors (Lipinski definition) is 1. The number of carbonyl (C=O) groups excluding carboxylic acids is 1. The predicted octanol–water partition coefficient (Wildman–Crippen LogP) is 4.75. The Morgan fingerprint density at radius 1 is 1.35 bits per heavy atom. The molecule has 0 saturated heterocycles. The van der Waals surface area contributed by atoms with Gasteiger partial charge in [-0.05, 0) is 31.5 Å². The lowest BCUT2D eigenvalue weighted by atomic mass is 9.86. The highest BCUT2D eigenvalue weighted by atomic mass is 79.9. The maximum atomic E-state index is 11.6. The Labute approximate surface area is 116 Å². The smallest absolute Gasteiger partial charge is 0.234 e. The molecule has 94 valence electrons. The number of hydrogen-bond acceptors (Lipinski definition) is 1. The third kappa shape index (κ3) is 2.83. The van der Waals surface area contributed by atoms with E-state index >= 15 is 0 Å². The topological polar surface area (TPSA) is 29.1 Å². The fourth-order valence-corrected chi connectivity index (χ4v) is 2.44. The molecule has 0 bridgehead atoms. The van der Waals surface area contributed by atoms with Gasteiger partial charge in [0.2, 0.25) is 5.91 Å². The van der Waals surface area contributed by atoms with E-state index in [1.165, 1.54) is 6.42 Å². The lowest BCUT2D eigenvalue weighted by Gasteiger charge is -2.15. The molecule has 1 aromatic rings. The normalized spacial score (nSPS) is 15.8. The molecule has 4 heteroatoms. The van der Waals surface area contributed by atoms with E-state index in [1.54, 1.807) is 6.07 Å². The van der Waals surface area contributed by atoms with Gasteiger partial charge < -0.3 is 5.32 Å². The van der Waals surface area contributed by atoms with Crippen molar-refractivity contribution in [2.45, 2.75) is 39.5 Å². The fourth-order valence-electron chi connectivity index (χ4n) is 1.59. The number of benzene rings is 1. The van der Waals surface area contributed by atoms with E-state index in [9.17, 15) is 4.79 Å². The second kappa shape index (κ2) is 5.40. The summed E-state index contributed by atoms with van der Waals surface area (Å²) < 4.78 is 0.894. The molecular formula is C13H17BrClNO. The first-order valence-electron chi connectivity index (χ1n) is 5.65. The van der Waals surface area contributed by atoms with Crippen molar-refractivity contribution in [3.05, 3.63) is 27.2 Å². The standard InChI is InChI=1S/C10H9BrClNO.C3H8/c1-10(2)6-3-5(11)4-7(12)8(6)13-9(10)14;1-3-2/h3-4H,1-2H3,(H,13,14);3H2,1-2H3. The van der Waals surface area contributed by atoms with Crippen LogP contribution in [0.1, 0.15) is 39.7 Å². The molecule has 1 heterocycles. The Kier molecular flexibility index (Phi) is 4.62. The summed E-state index contributed by atoms with van der Waals surface area (Å²) in [6.45, 7) is 8.02. The third-order valence-corrected chi connectivity index (χ3v) is 3.29. The highest BCUT2D eigenvalue weighted by Gasteiger charge is 2.39. The lowest BCUT2D eigenvalue weighted by molar-refractivity contribution is -0.119. The molecule has 1 amide bonds. The molecule has 0 aliphatic carbocycles. The van der Waals surface area contributed by atoms with Gasteiger partial charge in [0.25, 0.3) is 0 Å². The monoisotopic (exact) mass is 317 g/mol. The summed E-state index contributed by atoms with van der Waals surface area (Å²) >= 11 is 9.39. The molecule has 0 aromatic heterocycles. The van der Waals surface area contributed by atoms with Crippen molar-refractivity contribution in [1.82, 2.24) is 0 Å². The number of nitrogens with one attached hydrogen (secondary N) is 1. The van der Waals surface area contributed by atoms with E-state index in [1.807, 2.05) is 19.9 Å². The Hall–Kier alpha value is -0.540. The summed E-state index contributed by atoms with van der Waals surface area (Å²) in [6, 6.07) is 3.71. The number of rotatable bonds is 0. The van der Waals surface area contributed by atoms with Crippen LogP contribution in [0.15, 0.2) is 16.6 Å². The average Bonchev–Trinajstić information content (AvgIpc) is 2.42. The predicted molar refractivity (Wildman–Crippen MR) is 76.8 cm³/mol. The van der Waals surface area contributed by atoms with Crippen LogP contribution in [0.4, 0.5) is 5.69 Å². The van der Waals surface area contributed by atoms with Gasteiger partial charge in [0.1, 0.15) is 0 Å². The Morgan fingerprint density at radius 3 is 2.41 bits per heavy atom. The highest BCUT2D eigenvalue weighted by molar-refractivity contribution is 9.10. The van der Waals surface area contributed by atoms with Gasteiger partial charge in [-0.3, -0.25) is 4.79 Å². The summed E-state index contributed by atoms with van der Waals surface area (Å²) in [7, 11) is 0. The van der Waals surface area contributed by atoms with E-state index in [4.69, 9.17) is 11.6 Å². The number of fused-ring (bicyclic) bond motifs is 1. The van der Waals surface area contributed by atoms with Crippen LogP contribution in [0.5, 0.6) is 0 Å². The third-order valence-electron chi connectivity index (χ3n) is 2.53. The first-order valence-corrected chi connectivity index (χ1v) is 6.82. The largest absolute Gasteiger partial charge is 0.324 e. The van der Waals surface area contributed by atoms with E-state index in [2.05, 4.69) is 35.1 Å². The van der Waals surface area contributed by atoms with Crippen molar-refractivity contribution < 1.29 is 4.79 Å². The highest BCUT2D eigenvalue weighted by Crippen LogP contribution is 2.42. The Balaban J connectivity index is 0.000000437. The molecule has 2 nitrogen and oxygen atoms in total. The van der Waals surface area contributed by atoms with Crippen LogP contribution in [0.3, 0.4) is 0 Å². The Bertz CT molecular complexity index is 443. The first kappa shape index (κ1) is 14.5. The number of amides is 1. The van der Waals surface area contributed by atoms with Crippen LogP contribution in [-0.4, -0.2) is 5.91 Å². The molecule has 1 aliphatic rings. The van der Waals surface area contributed by atoms with Crippen molar-refractivity contribution in [2.24, 2.45) is 0 Å². The zero-order valence-corrected chi connectivity index (χ0v) is 12.9. The first-order chi connectivity index (χ1) is 7.84. The summed E-state index contributed by atoms with van der Waals surface area (Å²) in [4.78, 5) is 11.6. The minimum absolute atomic E-state index is 0.00694. The maximum Gasteiger partial charge on any atom is 0.234 e. The molecule has 0 atom stereocenters. The van der Waals surface area contributed by atoms with Gasteiger partial charge in [-0.1, -0.05) is 47.8 Å². The SMILES string of the molecule is CC1(C)C(=O)Nc2c(Cl)cc(Br)cc21.CCC. The second-order valence-corrected chi connectivity index (χ2v) is 5.92. The minimum atomic E-state index is -0.497. The number of halogens is 2. The van der Waals surface area contributed by atoms with Crippen LogP contribution in [0, 0.1) is 0 Å². The van der Waals surface area contributed by atoms with Crippen molar-refractivity contribution in [3.8, 4) is 0 Å². The summed E-state index contributed by atoms with van der Waals surface area (Å²) in [5.74, 6) is -0.00694. The van der Waals surface area contributed by atoms with Crippen LogP contribution in [0.2, 0.25) is 5.02 Å². The van der Waals surface area contributed by atoms with E-state index in [0.717, 1.165) is 15.7 Å². The van der Waals surface area contributed by atoms with Gasteiger partial charge in [-0.2, -0.15) is 0 Å². The van der Waals surface area contributed by atoms with Crippen LogP contribution in [0.25, 0.3) is 0 Å². The molecule has 0 radical (unpaired) electrons.